The Morgan fingerprint density at radius 3 is 2.43 bits per heavy atom. The van der Waals surface area contributed by atoms with E-state index in [1.54, 1.807) is 6.08 Å². The highest BCUT2D eigenvalue weighted by atomic mass is 16.7. The number of aryl methyl sites for hydroxylation is 2. The summed E-state index contributed by atoms with van der Waals surface area (Å²) >= 11 is 0. The predicted octanol–water partition coefficient (Wildman–Crippen LogP) is 8.40. The van der Waals surface area contributed by atoms with Crippen LogP contribution in [-0.4, -0.2) is 71.5 Å². The van der Waals surface area contributed by atoms with Crippen LogP contribution in [0.2, 0.25) is 0 Å². The number of nitrogens with zero attached hydrogens (tertiary/aromatic N) is 2. The number of amides is 1. The van der Waals surface area contributed by atoms with Crippen molar-refractivity contribution in [1.29, 1.82) is 0 Å². The van der Waals surface area contributed by atoms with Gasteiger partial charge < -0.3 is 34.2 Å². The Labute approximate surface area is 316 Å². The molecule has 53 heavy (non-hydrogen) atoms. The van der Waals surface area contributed by atoms with Gasteiger partial charge in [-0.05, 0) is 125 Å². The lowest BCUT2D eigenvalue weighted by atomic mass is 9.55. The largest absolute Gasteiger partial charge is 0.459 e. The summed E-state index contributed by atoms with van der Waals surface area (Å²) in [4.78, 5) is 22.1. The first kappa shape index (κ1) is 39.0. The van der Waals surface area contributed by atoms with Gasteiger partial charge in [-0.3, -0.25) is 4.79 Å². The van der Waals surface area contributed by atoms with Gasteiger partial charge in [0.25, 0.3) is 0 Å². The van der Waals surface area contributed by atoms with E-state index in [2.05, 4.69) is 51.6 Å². The fourth-order valence-electron chi connectivity index (χ4n) is 8.99. The monoisotopic (exact) mass is 728 g/mol. The lowest BCUT2D eigenvalue weighted by Crippen LogP contribution is -2.70. The molecule has 0 bridgehead atoms. The van der Waals surface area contributed by atoms with E-state index in [0.717, 1.165) is 91.0 Å². The zero-order chi connectivity index (χ0) is 37.5. The maximum Gasteiger partial charge on any atom is 0.239 e. The van der Waals surface area contributed by atoms with Crippen molar-refractivity contribution in [3.05, 3.63) is 77.4 Å². The number of unbranched alkanes of at least 4 members (excludes halogenated alkanes) is 2. The molecule has 0 spiro atoms. The van der Waals surface area contributed by atoms with Crippen molar-refractivity contribution in [1.82, 2.24) is 4.90 Å². The summed E-state index contributed by atoms with van der Waals surface area (Å²) in [5.74, 6) is 1.12. The van der Waals surface area contributed by atoms with Crippen molar-refractivity contribution in [2.45, 2.75) is 110 Å². The summed E-state index contributed by atoms with van der Waals surface area (Å²) in [6.07, 6.45) is 12.2. The van der Waals surface area contributed by atoms with E-state index in [1.165, 1.54) is 5.56 Å². The first-order valence-corrected chi connectivity index (χ1v) is 20.1. The van der Waals surface area contributed by atoms with E-state index in [0.29, 0.717) is 26.0 Å². The molecule has 2 aromatic rings. The topological polar surface area (TPSA) is 110 Å². The normalized spacial score (nSPS) is 26.6. The third-order valence-electron chi connectivity index (χ3n) is 11.7. The average Bonchev–Trinajstić information content (AvgIpc) is 4.01. The number of aliphatic hydroxyl groups excluding tert-OH is 2. The number of rotatable bonds is 19. The van der Waals surface area contributed by atoms with Crippen molar-refractivity contribution in [3.8, 4) is 17.2 Å². The Bertz CT molecular complexity index is 1650. The minimum absolute atomic E-state index is 0.0208. The Morgan fingerprint density at radius 2 is 1.75 bits per heavy atom. The van der Waals surface area contributed by atoms with Crippen LogP contribution in [0.1, 0.15) is 101 Å². The Balaban J connectivity index is 1.57. The van der Waals surface area contributed by atoms with Crippen LogP contribution in [-0.2, 0) is 14.4 Å². The lowest BCUT2D eigenvalue weighted by molar-refractivity contribution is -0.257. The molecule has 4 aliphatic rings. The molecule has 2 saturated carbocycles. The van der Waals surface area contributed by atoms with Crippen LogP contribution in [0.25, 0.3) is 0 Å². The van der Waals surface area contributed by atoms with Crippen molar-refractivity contribution < 1.29 is 34.1 Å². The van der Waals surface area contributed by atoms with E-state index >= 15 is 0 Å². The Hall–Kier alpha value is -3.66. The molecule has 1 aliphatic heterocycles. The van der Waals surface area contributed by atoms with Gasteiger partial charge in [-0.1, -0.05) is 43.1 Å². The maximum absolute atomic E-state index is 14.2. The van der Waals surface area contributed by atoms with Gasteiger partial charge in [0.15, 0.2) is 0 Å². The van der Waals surface area contributed by atoms with E-state index in [1.807, 2.05) is 30.0 Å². The van der Waals surface area contributed by atoms with Crippen molar-refractivity contribution in [2.75, 3.05) is 33.0 Å². The molecule has 9 heteroatoms. The smallest absolute Gasteiger partial charge is 0.239 e. The average molecular weight is 729 g/mol. The molecular weight excluding hydrogens is 668 g/mol. The van der Waals surface area contributed by atoms with Gasteiger partial charge in [-0.25, -0.2) is 0 Å². The Kier molecular flexibility index (Phi) is 13.0. The molecule has 1 amide bonds. The highest BCUT2D eigenvalue weighted by Crippen LogP contribution is 2.62. The van der Waals surface area contributed by atoms with Crippen LogP contribution in [0.3, 0.4) is 0 Å². The van der Waals surface area contributed by atoms with Gasteiger partial charge in [-0.2, -0.15) is 0 Å². The number of benzene rings is 2. The number of ether oxygens (including phenoxy) is 3. The van der Waals surface area contributed by atoms with Crippen LogP contribution in [0.4, 0.5) is 0 Å². The third-order valence-corrected chi connectivity index (χ3v) is 11.7. The first-order valence-electron chi connectivity index (χ1n) is 20.1. The number of carbonyl (C=O) groups is 1. The fraction of sp³-hybridized carbons (Fsp3) is 0.591. The van der Waals surface area contributed by atoms with Crippen LogP contribution < -0.4 is 9.47 Å². The van der Waals surface area contributed by atoms with Crippen molar-refractivity contribution >= 4 is 11.6 Å². The van der Waals surface area contributed by atoms with Crippen molar-refractivity contribution in [2.24, 2.45) is 28.8 Å². The number of allylic oxidation sites excluding steroid dienone is 1. The quantitative estimate of drug-likeness (QED) is 0.0850. The minimum atomic E-state index is -1.22. The summed E-state index contributed by atoms with van der Waals surface area (Å²) in [5.41, 5.74) is 5.31. The summed E-state index contributed by atoms with van der Waals surface area (Å²) in [5, 5.41) is 24.5. The van der Waals surface area contributed by atoms with Gasteiger partial charge in [0.2, 0.25) is 11.7 Å². The number of oxime groups is 1. The summed E-state index contributed by atoms with van der Waals surface area (Å²) in [6.45, 7) is 13.8. The first-order chi connectivity index (χ1) is 25.8. The van der Waals surface area contributed by atoms with Crippen LogP contribution >= 0.6 is 0 Å². The molecule has 6 atom stereocenters. The standard InChI is InChI=1S/C44H60N2O7/c1-6-21-46(43(49)31-16-17-31)40-28-38(45-51-8-3)36-26-32(13-9-11-22-47)35(14-10-12-23-48)41-37-27-34(52-33-18-15-29(4)30(5)25-33)19-20-39(37)53-44(40,42(36)41)50-24-7-2/h7,15,18-20,25-27,31-32,35,40-42,47-48H,2,6,8-14,16-17,21-24,28H2,1,3-5H3/t32-,35+,40-,41+,42+,44+/m0/s1. The predicted molar refractivity (Wildman–Crippen MR) is 207 cm³/mol. The molecule has 0 radical (unpaired) electrons. The molecule has 0 saturated heterocycles. The molecule has 0 unspecified atom stereocenters. The van der Waals surface area contributed by atoms with Gasteiger partial charge >= 0.3 is 0 Å². The number of fused-ring (bicyclic) bond motifs is 2. The molecular formula is C44H60N2O7. The number of hydrogen-bond donors (Lipinski definition) is 2. The SMILES string of the molecule is C=CCO[C@@]12Oc3ccc(Oc4ccc(C)c(C)c4)cc3[C@H]3[C@H](CCCCO)[C@@H](CCCCO)C=C(C(=NOCC)C[C@@H]1N(CCC)C(=O)C1CC1)[C@H]32. The van der Waals surface area contributed by atoms with Gasteiger partial charge in [0, 0.05) is 43.6 Å². The molecule has 3 aliphatic carbocycles. The second-order valence-corrected chi connectivity index (χ2v) is 15.3. The van der Waals surface area contributed by atoms with Gasteiger partial charge in [0.1, 0.15) is 29.9 Å². The molecule has 288 valence electrons. The van der Waals surface area contributed by atoms with E-state index in [4.69, 9.17) is 24.2 Å². The molecule has 2 fully saturated rings. The highest BCUT2D eigenvalue weighted by molar-refractivity contribution is 6.03. The Morgan fingerprint density at radius 1 is 1.02 bits per heavy atom. The van der Waals surface area contributed by atoms with Gasteiger partial charge in [-0.15, -0.1) is 6.58 Å². The van der Waals surface area contributed by atoms with Crippen LogP contribution in [0, 0.1) is 37.5 Å². The number of aliphatic hydroxyl groups is 2. The highest BCUT2D eigenvalue weighted by Gasteiger charge is 2.65. The van der Waals surface area contributed by atoms with E-state index in [-0.39, 0.29) is 55.3 Å². The lowest BCUT2D eigenvalue weighted by Gasteiger charge is -2.60. The molecule has 6 rings (SSSR count). The van der Waals surface area contributed by atoms with E-state index in [9.17, 15) is 15.0 Å². The fourth-order valence-corrected chi connectivity index (χ4v) is 8.99. The summed E-state index contributed by atoms with van der Waals surface area (Å²) < 4.78 is 20.9. The third kappa shape index (κ3) is 8.23. The molecule has 9 nitrogen and oxygen atoms in total. The zero-order valence-corrected chi connectivity index (χ0v) is 32.2. The van der Waals surface area contributed by atoms with Gasteiger partial charge in [0.05, 0.1) is 18.2 Å². The number of carbonyl (C=O) groups excluding carboxylic acids is 1. The molecule has 1 heterocycles. The maximum atomic E-state index is 14.2. The van der Waals surface area contributed by atoms with E-state index < -0.39 is 11.8 Å². The summed E-state index contributed by atoms with van der Waals surface area (Å²) in [6, 6.07) is 11.8. The zero-order valence-electron chi connectivity index (χ0n) is 32.2. The molecule has 0 aromatic heterocycles. The minimum Gasteiger partial charge on any atom is -0.459 e. The number of hydrogen-bond acceptors (Lipinski definition) is 8. The molecule has 2 aromatic carbocycles. The van der Waals surface area contributed by atoms with Crippen LogP contribution in [0.5, 0.6) is 17.2 Å². The second-order valence-electron chi connectivity index (χ2n) is 15.3. The van der Waals surface area contributed by atoms with Crippen molar-refractivity contribution in [3.63, 3.8) is 0 Å². The summed E-state index contributed by atoms with van der Waals surface area (Å²) in [7, 11) is 0. The van der Waals surface area contributed by atoms with Crippen LogP contribution in [0.15, 0.2) is 65.9 Å². The molecule has 2 N–H and O–H groups in total. The second kappa shape index (κ2) is 17.7.